The Kier molecular flexibility index (Phi) is 7.88. The Morgan fingerprint density at radius 2 is 2.20 bits per heavy atom. The summed E-state index contributed by atoms with van der Waals surface area (Å²) >= 11 is 0. The molecule has 114 valence electrons. The van der Waals surface area contributed by atoms with Crippen molar-refractivity contribution in [1.82, 2.24) is 10.2 Å². The smallest absolute Gasteiger partial charge is 0.165 e. The first kappa shape index (κ1) is 17.2. The van der Waals surface area contributed by atoms with E-state index in [4.69, 9.17) is 4.74 Å². The molecule has 5 heteroatoms. The molecule has 0 radical (unpaired) electrons. The van der Waals surface area contributed by atoms with Gasteiger partial charge in [0.05, 0.1) is 0 Å². The van der Waals surface area contributed by atoms with Gasteiger partial charge in [-0.05, 0) is 51.0 Å². The number of hydrogen-bond donors (Lipinski definition) is 1. The predicted octanol–water partition coefficient (Wildman–Crippen LogP) is 2.56. The SMILES string of the molecule is CN(CCOc1ccccc1F)CC1CCCNC1.Cl. The van der Waals surface area contributed by atoms with Crippen LogP contribution in [0.5, 0.6) is 5.75 Å². The summed E-state index contributed by atoms with van der Waals surface area (Å²) in [5.74, 6) is 0.782. The van der Waals surface area contributed by atoms with E-state index >= 15 is 0 Å². The number of hydrogen-bond acceptors (Lipinski definition) is 3. The molecule has 2 rings (SSSR count). The van der Waals surface area contributed by atoms with Crippen molar-refractivity contribution in [1.29, 1.82) is 0 Å². The van der Waals surface area contributed by atoms with Crippen LogP contribution >= 0.6 is 12.4 Å². The summed E-state index contributed by atoms with van der Waals surface area (Å²) in [6.45, 7) is 4.69. The Morgan fingerprint density at radius 3 is 2.90 bits per heavy atom. The van der Waals surface area contributed by atoms with E-state index in [1.165, 1.54) is 18.9 Å². The van der Waals surface area contributed by atoms with Gasteiger partial charge in [0.15, 0.2) is 11.6 Å². The van der Waals surface area contributed by atoms with Gasteiger partial charge in [-0.1, -0.05) is 12.1 Å². The summed E-state index contributed by atoms with van der Waals surface area (Å²) < 4.78 is 18.8. The van der Waals surface area contributed by atoms with Gasteiger partial charge in [0.25, 0.3) is 0 Å². The van der Waals surface area contributed by atoms with E-state index in [9.17, 15) is 4.39 Å². The van der Waals surface area contributed by atoms with Crippen molar-refractivity contribution in [2.24, 2.45) is 5.92 Å². The Balaban J connectivity index is 0.00000200. The predicted molar refractivity (Wildman–Crippen MR) is 82.2 cm³/mol. The van der Waals surface area contributed by atoms with Crippen molar-refractivity contribution in [3.63, 3.8) is 0 Å². The molecule has 3 nitrogen and oxygen atoms in total. The molecule has 1 heterocycles. The minimum absolute atomic E-state index is 0. The maximum atomic E-state index is 13.3. The van der Waals surface area contributed by atoms with Gasteiger partial charge in [-0.15, -0.1) is 12.4 Å². The third-order valence-corrected chi connectivity index (χ3v) is 3.54. The van der Waals surface area contributed by atoms with E-state index in [0.717, 1.165) is 32.1 Å². The Labute approximate surface area is 126 Å². The standard InChI is InChI=1S/C15H23FN2O.ClH/c1-18(12-13-5-4-8-17-11-13)9-10-19-15-7-3-2-6-14(15)16;/h2-3,6-7,13,17H,4-5,8-12H2,1H3;1H. The zero-order valence-corrected chi connectivity index (χ0v) is 12.8. The van der Waals surface area contributed by atoms with E-state index < -0.39 is 0 Å². The monoisotopic (exact) mass is 302 g/mol. The highest BCUT2D eigenvalue weighted by Gasteiger charge is 2.14. The molecule has 0 aliphatic carbocycles. The lowest BCUT2D eigenvalue weighted by molar-refractivity contribution is 0.197. The molecule has 1 N–H and O–H groups in total. The van der Waals surface area contributed by atoms with Crippen LogP contribution in [0.4, 0.5) is 4.39 Å². The van der Waals surface area contributed by atoms with Crippen LogP contribution in [0.2, 0.25) is 0 Å². The Morgan fingerprint density at radius 1 is 1.40 bits per heavy atom. The van der Waals surface area contributed by atoms with Gasteiger partial charge in [-0.25, -0.2) is 4.39 Å². The number of nitrogens with zero attached hydrogens (tertiary/aromatic N) is 1. The van der Waals surface area contributed by atoms with Crippen LogP contribution in [-0.4, -0.2) is 44.7 Å². The number of halogens is 2. The van der Waals surface area contributed by atoms with Gasteiger partial charge < -0.3 is 15.0 Å². The molecule has 1 aromatic rings. The fourth-order valence-corrected chi connectivity index (χ4v) is 2.49. The largest absolute Gasteiger partial charge is 0.489 e. The van der Waals surface area contributed by atoms with E-state index in [1.807, 2.05) is 0 Å². The first-order chi connectivity index (χ1) is 9.25. The normalized spacial score (nSPS) is 18.6. The second-order valence-electron chi connectivity index (χ2n) is 5.25. The van der Waals surface area contributed by atoms with Gasteiger partial charge in [0.2, 0.25) is 0 Å². The lowest BCUT2D eigenvalue weighted by atomic mass is 9.99. The average molecular weight is 303 g/mol. The molecule has 1 fully saturated rings. The van der Waals surface area contributed by atoms with Crippen LogP contribution in [0.1, 0.15) is 12.8 Å². The first-order valence-electron chi connectivity index (χ1n) is 7.02. The summed E-state index contributed by atoms with van der Waals surface area (Å²) in [6.07, 6.45) is 2.57. The first-order valence-corrected chi connectivity index (χ1v) is 7.02. The van der Waals surface area contributed by atoms with Crippen LogP contribution < -0.4 is 10.1 Å². The van der Waals surface area contributed by atoms with Crippen molar-refractivity contribution in [3.05, 3.63) is 30.1 Å². The molecule has 0 bridgehead atoms. The van der Waals surface area contributed by atoms with E-state index in [0.29, 0.717) is 12.4 Å². The molecule has 1 unspecified atom stereocenters. The molecule has 1 atom stereocenters. The third kappa shape index (κ3) is 5.65. The minimum atomic E-state index is -0.290. The summed E-state index contributed by atoms with van der Waals surface area (Å²) in [6, 6.07) is 6.55. The van der Waals surface area contributed by atoms with Gasteiger partial charge in [0, 0.05) is 13.1 Å². The maximum absolute atomic E-state index is 13.3. The molecule has 1 aliphatic heterocycles. The Bertz CT molecular complexity index is 386. The lowest BCUT2D eigenvalue weighted by Gasteiger charge is -2.27. The third-order valence-electron chi connectivity index (χ3n) is 3.54. The average Bonchev–Trinajstić information content (AvgIpc) is 2.42. The zero-order valence-electron chi connectivity index (χ0n) is 12.0. The lowest BCUT2D eigenvalue weighted by Crippen LogP contribution is -2.38. The van der Waals surface area contributed by atoms with E-state index in [-0.39, 0.29) is 18.2 Å². The zero-order chi connectivity index (χ0) is 13.5. The van der Waals surface area contributed by atoms with Crippen molar-refractivity contribution < 1.29 is 9.13 Å². The highest BCUT2D eigenvalue weighted by atomic mass is 35.5. The molecule has 0 amide bonds. The fourth-order valence-electron chi connectivity index (χ4n) is 2.49. The van der Waals surface area contributed by atoms with Crippen LogP contribution in [0.3, 0.4) is 0 Å². The number of likely N-dealkylation sites (N-methyl/N-ethyl adjacent to an activating group) is 1. The molecule has 0 spiro atoms. The van der Waals surface area contributed by atoms with Gasteiger partial charge in [0.1, 0.15) is 6.61 Å². The molecular formula is C15H24ClFN2O. The fraction of sp³-hybridized carbons (Fsp3) is 0.600. The number of nitrogens with one attached hydrogen (secondary N) is 1. The summed E-state index contributed by atoms with van der Waals surface area (Å²) in [5, 5.41) is 3.42. The van der Waals surface area contributed by atoms with Crippen LogP contribution in [0.15, 0.2) is 24.3 Å². The van der Waals surface area contributed by atoms with Gasteiger partial charge >= 0.3 is 0 Å². The van der Waals surface area contributed by atoms with Crippen molar-refractivity contribution in [2.45, 2.75) is 12.8 Å². The number of rotatable bonds is 6. The second kappa shape index (κ2) is 9.16. The number of ether oxygens (including phenoxy) is 1. The van der Waals surface area contributed by atoms with Gasteiger partial charge in [-0.3, -0.25) is 0 Å². The highest BCUT2D eigenvalue weighted by molar-refractivity contribution is 5.85. The molecule has 1 aliphatic rings. The van der Waals surface area contributed by atoms with Gasteiger partial charge in [-0.2, -0.15) is 0 Å². The summed E-state index contributed by atoms with van der Waals surface area (Å²) in [7, 11) is 2.10. The van der Waals surface area contributed by atoms with Crippen LogP contribution in [0.25, 0.3) is 0 Å². The van der Waals surface area contributed by atoms with E-state index in [1.54, 1.807) is 18.2 Å². The molecular weight excluding hydrogens is 279 g/mol. The maximum Gasteiger partial charge on any atom is 0.165 e. The second-order valence-corrected chi connectivity index (χ2v) is 5.25. The molecule has 20 heavy (non-hydrogen) atoms. The summed E-state index contributed by atoms with van der Waals surface area (Å²) in [4.78, 5) is 2.26. The highest BCUT2D eigenvalue weighted by Crippen LogP contribution is 2.15. The van der Waals surface area contributed by atoms with E-state index in [2.05, 4.69) is 17.3 Å². The quantitative estimate of drug-likeness (QED) is 0.874. The molecule has 0 aromatic heterocycles. The summed E-state index contributed by atoms with van der Waals surface area (Å²) in [5.41, 5.74) is 0. The molecule has 1 aromatic carbocycles. The van der Waals surface area contributed by atoms with Crippen molar-refractivity contribution in [2.75, 3.05) is 39.8 Å². The Hall–Kier alpha value is -0.840. The van der Waals surface area contributed by atoms with Crippen LogP contribution in [-0.2, 0) is 0 Å². The van der Waals surface area contributed by atoms with Crippen molar-refractivity contribution in [3.8, 4) is 5.75 Å². The molecule has 0 saturated carbocycles. The number of para-hydroxylation sites is 1. The number of piperidine rings is 1. The minimum Gasteiger partial charge on any atom is -0.489 e. The molecule has 1 saturated heterocycles. The van der Waals surface area contributed by atoms with Crippen molar-refractivity contribution >= 4 is 12.4 Å². The topological polar surface area (TPSA) is 24.5 Å². The number of benzene rings is 1. The van der Waals surface area contributed by atoms with Crippen LogP contribution in [0, 0.1) is 11.7 Å².